The minimum absolute atomic E-state index is 0.112. The molecule has 0 unspecified atom stereocenters. The van der Waals surface area contributed by atoms with Gasteiger partial charge in [-0.2, -0.15) is 14.4 Å². The minimum Gasteiger partial charge on any atom is -0.395 e. The second kappa shape index (κ2) is 5.40. The maximum Gasteiger partial charge on any atom is 0.313 e. The molecule has 1 rings (SSSR count). The molecular formula is C7H11FN4O2. The van der Waals surface area contributed by atoms with Crippen molar-refractivity contribution in [1.29, 1.82) is 0 Å². The third-order valence-corrected chi connectivity index (χ3v) is 1.55. The maximum atomic E-state index is 12.6. The van der Waals surface area contributed by atoms with Crippen molar-refractivity contribution in [3.8, 4) is 0 Å². The third kappa shape index (κ3) is 2.86. The highest BCUT2D eigenvalue weighted by atomic mass is 19.1. The Bertz CT molecular complexity index is 280. The minimum atomic E-state index is -0.879. The van der Waals surface area contributed by atoms with Gasteiger partial charge >= 0.3 is 6.08 Å². The molecule has 0 aliphatic carbocycles. The molecule has 0 aliphatic rings. The molecule has 0 amide bonds. The van der Waals surface area contributed by atoms with E-state index in [4.69, 9.17) is 10.2 Å². The van der Waals surface area contributed by atoms with Gasteiger partial charge in [-0.25, -0.2) is 4.98 Å². The Kier molecular flexibility index (Phi) is 4.14. The molecule has 0 atom stereocenters. The molecule has 1 aromatic rings. The fourth-order valence-corrected chi connectivity index (χ4v) is 0.974. The van der Waals surface area contributed by atoms with Gasteiger partial charge in [0, 0.05) is 13.1 Å². The van der Waals surface area contributed by atoms with Crippen LogP contribution in [0.1, 0.15) is 0 Å². The zero-order valence-electron chi connectivity index (χ0n) is 7.47. The van der Waals surface area contributed by atoms with Gasteiger partial charge in [0.05, 0.1) is 13.2 Å². The van der Waals surface area contributed by atoms with Gasteiger partial charge < -0.3 is 15.1 Å². The predicted molar refractivity (Wildman–Crippen MR) is 46.2 cm³/mol. The first kappa shape index (κ1) is 10.7. The Hall–Kier alpha value is -1.34. The maximum absolute atomic E-state index is 12.6. The van der Waals surface area contributed by atoms with Crippen molar-refractivity contribution in [2.24, 2.45) is 0 Å². The zero-order chi connectivity index (χ0) is 10.4. The largest absolute Gasteiger partial charge is 0.395 e. The van der Waals surface area contributed by atoms with E-state index >= 15 is 0 Å². The van der Waals surface area contributed by atoms with E-state index in [9.17, 15) is 4.39 Å². The van der Waals surface area contributed by atoms with Crippen LogP contribution in [0.5, 0.6) is 0 Å². The van der Waals surface area contributed by atoms with Gasteiger partial charge in [-0.15, -0.1) is 0 Å². The number of halogens is 1. The second-order valence-corrected chi connectivity index (χ2v) is 2.49. The summed E-state index contributed by atoms with van der Waals surface area (Å²) in [6.45, 7) is 0.245. The SMILES string of the molecule is OCCN(CCO)c1ncnc(F)n1. The molecule has 0 aliphatic heterocycles. The quantitative estimate of drug-likeness (QED) is 0.624. The van der Waals surface area contributed by atoms with E-state index < -0.39 is 6.08 Å². The fourth-order valence-electron chi connectivity index (χ4n) is 0.974. The molecule has 7 heteroatoms. The first-order valence-corrected chi connectivity index (χ1v) is 4.09. The molecule has 14 heavy (non-hydrogen) atoms. The van der Waals surface area contributed by atoms with Crippen LogP contribution in [0.3, 0.4) is 0 Å². The van der Waals surface area contributed by atoms with Gasteiger partial charge in [-0.3, -0.25) is 0 Å². The van der Waals surface area contributed by atoms with Crippen LogP contribution >= 0.6 is 0 Å². The van der Waals surface area contributed by atoms with E-state index in [1.54, 1.807) is 0 Å². The summed E-state index contributed by atoms with van der Waals surface area (Å²) in [4.78, 5) is 11.8. The number of rotatable bonds is 5. The summed E-state index contributed by atoms with van der Waals surface area (Å²) in [5.74, 6) is 0.112. The molecular weight excluding hydrogens is 191 g/mol. The zero-order valence-corrected chi connectivity index (χ0v) is 7.47. The highest BCUT2D eigenvalue weighted by Gasteiger charge is 2.09. The summed E-state index contributed by atoms with van der Waals surface area (Å²) < 4.78 is 12.6. The first-order chi connectivity index (χ1) is 6.77. The van der Waals surface area contributed by atoms with E-state index in [1.807, 2.05) is 0 Å². The molecule has 0 fully saturated rings. The fraction of sp³-hybridized carbons (Fsp3) is 0.571. The lowest BCUT2D eigenvalue weighted by molar-refractivity contribution is 0.279. The Morgan fingerprint density at radius 3 is 2.36 bits per heavy atom. The lowest BCUT2D eigenvalue weighted by Crippen LogP contribution is -2.31. The van der Waals surface area contributed by atoms with E-state index in [0.717, 1.165) is 6.33 Å². The molecule has 0 bridgehead atoms. The number of aliphatic hydroxyl groups is 2. The van der Waals surface area contributed by atoms with Crippen LogP contribution in [0.25, 0.3) is 0 Å². The third-order valence-electron chi connectivity index (χ3n) is 1.55. The van der Waals surface area contributed by atoms with Crippen LogP contribution < -0.4 is 4.90 Å². The molecule has 6 nitrogen and oxygen atoms in total. The smallest absolute Gasteiger partial charge is 0.313 e. The van der Waals surface area contributed by atoms with Crippen LogP contribution in [0.4, 0.5) is 10.3 Å². The molecule has 1 aromatic heterocycles. The summed E-state index contributed by atoms with van der Waals surface area (Å²) in [6.07, 6.45) is 0.162. The van der Waals surface area contributed by atoms with Crippen molar-refractivity contribution in [1.82, 2.24) is 15.0 Å². The van der Waals surface area contributed by atoms with Crippen molar-refractivity contribution in [2.45, 2.75) is 0 Å². The topological polar surface area (TPSA) is 82.4 Å². The van der Waals surface area contributed by atoms with E-state index in [-0.39, 0.29) is 32.3 Å². The number of aliphatic hydroxyl groups excluding tert-OH is 2. The van der Waals surface area contributed by atoms with Crippen molar-refractivity contribution in [3.05, 3.63) is 12.4 Å². The first-order valence-electron chi connectivity index (χ1n) is 4.09. The van der Waals surface area contributed by atoms with Crippen LogP contribution in [0.15, 0.2) is 6.33 Å². The number of anilines is 1. The van der Waals surface area contributed by atoms with E-state index in [1.165, 1.54) is 4.90 Å². The molecule has 0 saturated carbocycles. The van der Waals surface area contributed by atoms with Gasteiger partial charge in [0.25, 0.3) is 0 Å². The van der Waals surface area contributed by atoms with Gasteiger partial charge in [-0.05, 0) is 0 Å². The lowest BCUT2D eigenvalue weighted by atomic mass is 10.5. The average Bonchev–Trinajstić information content (AvgIpc) is 2.17. The summed E-state index contributed by atoms with van der Waals surface area (Å²) in [6, 6.07) is 0. The Morgan fingerprint density at radius 1 is 1.21 bits per heavy atom. The molecule has 0 spiro atoms. The van der Waals surface area contributed by atoms with Gasteiger partial charge in [0.2, 0.25) is 5.95 Å². The molecule has 2 N–H and O–H groups in total. The number of nitrogens with zero attached hydrogens (tertiary/aromatic N) is 4. The van der Waals surface area contributed by atoms with Gasteiger partial charge in [0.15, 0.2) is 0 Å². The Morgan fingerprint density at radius 2 is 1.86 bits per heavy atom. The second-order valence-electron chi connectivity index (χ2n) is 2.49. The molecule has 0 radical (unpaired) electrons. The van der Waals surface area contributed by atoms with Gasteiger partial charge in [0.1, 0.15) is 6.33 Å². The van der Waals surface area contributed by atoms with Crippen LogP contribution in [0.2, 0.25) is 0 Å². The van der Waals surface area contributed by atoms with E-state index in [0.29, 0.717) is 0 Å². The summed E-state index contributed by atoms with van der Waals surface area (Å²) in [5, 5.41) is 17.4. The molecule has 78 valence electrons. The number of aromatic nitrogens is 3. The summed E-state index contributed by atoms with van der Waals surface area (Å²) in [7, 11) is 0. The normalized spacial score (nSPS) is 10.2. The lowest BCUT2D eigenvalue weighted by Gasteiger charge is -2.19. The van der Waals surface area contributed by atoms with Crippen molar-refractivity contribution in [2.75, 3.05) is 31.2 Å². The molecule has 1 heterocycles. The van der Waals surface area contributed by atoms with Crippen LogP contribution in [0, 0.1) is 6.08 Å². The summed E-state index contributed by atoms with van der Waals surface area (Å²) >= 11 is 0. The van der Waals surface area contributed by atoms with E-state index in [2.05, 4.69) is 15.0 Å². The Labute approximate surface area is 80.1 Å². The number of hydrogen-bond donors (Lipinski definition) is 2. The van der Waals surface area contributed by atoms with Gasteiger partial charge in [-0.1, -0.05) is 0 Å². The highest BCUT2D eigenvalue weighted by Crippen LogP contribution is 2.03. The van der Waals surface area contributed by atoms with Crippen LogP contribution in [-0.4, -0.2) is 51.5 Å². The number of hydrogen-bond acceptors (Lipinski definition) is 6. The highest BCUT2D eigenvalue weighted by molar-refractivity contribution is 5.27. The van der Waals surface area contributed by atoms with Crippen molar-refractivity contribution in [3.63, 3.8) is 0 Å². The average molecular weight is 202 g/mol. The summed E-state index contributed by atoms with van der Waals surface area (Å²) in [5.41, 5.74) is 0. The monoisotopic (exact) mass is 202 g/mol. The van der Waals surface area contributed by atoms with Crippen LogP contribution in [-0.2, 0) is 0 Å². The Balaban J connectivity index is 2.75. The predicted octanol–water partition coefficient (Wildman–Crippen LogP) is -1.20. The standard InChI is InChI=1S/C7H11FN4O2/c8-6-9-5-10-7(11-6)12(1-3-13)2-4-14/h5,13-14H,1-4H2. The molecule has 0 saturated heterocycles. The van der Waals surface area contributed by atoms with Crippen molar-refractivity contribution >= 4 is 5.95 Å². The molecule has 0 aromatic carbocycles. The van der Waals surface area contributed by atoms with Crippen molar-refractivity contribution < 1.29 is 14.6 Å².